The van der Waals surface area contributed by atoms with Gasteiger partial charge in [0.25, 0.3) is 0 Å². The molecule has 0 aliphatic carbocycles. The summed E-state index contributed by atoms with van der Waals surface area (Å²) in [5.41, 5.74) is 1.57. The van der Waals surface area contributed by atoms with Crippen LogP contribution in [0.3, 0.4) is 0 Å². The summed E-state index contributed by atoms with van der Waals surface area (Å²) in [6.45, 7) is 2.88. The van der Waals surface area contributed by atoms with Crippen molar-refractivity contribution in [2.24, 2.45) is 0 Å². The first-order chi connectivity index (χ1) is 12.2. The molecule has 130 valence electrons. The van der Waals surface area contributed by atoms with E-state index in [9.17, 15) is 4.79 Å². The third-order valence-corrected chi connectivity index (χ3v) is 3.74. The van der Waals surface area contributed by atoms with E-state index < -0.39 is 0 Å². The highest BCUT2D eigenvalue weighted by molar-refractivity contribution is 6.32. The number of nitrogens with one attached hydrogen (secondary N) is 1. The molecule has 3 rings (SSSR count). The normalized spacial score (nSPS) is 12.4. The van der Waals surface area contributed by atoms with Gasteiger partial charge in [-0.15, -0.1) is 0 Å². The van der Waals surface area contributed by atoms with Gasteiger partial charge in [0.05, 0.1) is 11.6 Å². The molecule has 0 saturated carbocycles. The number of benzene rings is 1. The molecule has 0 bridgehead atoms. The van der Waals surface area contributed by atoms with Gasteiger partial charge in [-0.2, -0.15) is 0 Å². The Morgan fingerprint density at radius 1 is 1.44 bits per heavy atom. The second-order valence-corrected chi connectivity index (χ2v) is 5.60. The van der Waals surface area contributed by atoms with Gasteiger partial charge in [-0.1, -0.05) is 17.7 Å². The Morgan fingerprint density at radius 3 is 3.16 bits per heavy atom. The summed E-state index contributed by atoms with van der Waals surface area (Å²) in [5, 5.41) is 3.25. The van der Waals surface area contributed by atoms with Crippen molar-refractivity contribution in [2.75, 3.05) is 13.4 Å². The summed E-state index contributed by atoms with van der Waals surface area (Å²) < 4.78 is 16.0. The summed E-state index contributed by atoms with van der Waals surface area (Å²) >= 11 is 6.12. The van der Waals surface area contributed by atoms with Crippen LogP contribution in [0.5, 0.6) is 17.4 Å². The lowest BCUT2D eigenvalue weighted by molar-refractivity contribution is -0.116. The zero-order valence-corrected chi connectivity index (χ0v) is 14.4. The van der Waals surface area contributed by atoms with Crippen LogP contribution in [0.15, 0.2) is 36.5 Å². The van der Waals surface area contributed by atoms with E-state index in [1.165, 1.54) is 6.08 Å². The standard InChI is InChI=1S/C18H17ClN2O4/c1-2-23-18-13(4-3-7-20-18)10-21-16(22)6-5-12-8-14(19)17-15(9-12)24-11-25-17/h3-9H,2,10-11H2,1H3,(H,21,22)/b6-5+. The molecule has 0 spiro atoms. The Morgan fingerprint density at radius 2 is 2.32 bits per heavy atom. The number of pyridine rings is 1. The molecule has 1 amide bonds. The summed E-state index contributed by atoms with van der Waals surface area (Å²) in [6.07, 6.45) is 4.75. The van der Waals surface area contributed by atoms with Crippen LogP contribution < -0.4 is 19.5 Å². The number of hydrogen-bond acceptors (Lipinski definition) is 5. The Balaban J connectivity index is 1.61. The van der Waals surface area contributed by atoms with Gasteiger partial charge >= 0.3 is 0 Å². The Labute approximate surface area is 150 Å². The minimum atomic E-state index is -0.236. The maximum Gasteiger partial charge on any atom is 0.244 e. The minimum absolute atomic E-state index is 0.149. The number of hydrogen-bond donors (Lipinski definition) is 1. The molecule has 25 heavy (non-hydrogen) atoms. The number of halogens is 1. The van der Waals surface area contributed by atoms with Crippen molar-refractivity contribution < 1.29 is 19.0 Å². The minimum Gasteiger partial charge on any atom is -0.478 e. The van der Waals surface area contributed by atoms with Gasteiger partial charge in [0, 0.05) is 24.4 Å². The van der Waals surface area contributed by atoms with E-state index >= 15 is 0 Å². The van der Waals surface area contributed by atoms with Crippen LogP contribution in [0.2, 0.25) is 5.02 Å². The van der Waals surface area contributed by atoms with Crippen molar-refractivity contribution in [3.05, 3.63) is 52.7 Å². The molecule has 1 aromatic carbocycles. The Hall–Kier alpha value is -2.73. The molecule has 0 fully saturated rings. The number of amides is 1. The van der Waals surface area contributed by atoms with E-state index in [1.807, 2.05) is 13.0 Å². The van der Waals surface area contributed by atoms with Crippen molar-refractivity contribution in [1.29, 1.82) is 0 Å². The number of aromatic nitrogens is 1. The molecule has 1 aliphatic heterocycles. The predicted molar refractivity (Wildman–Crippen MR) is 93.9 cm³/mol. The highest BCUT2D eigenvalue weighted by Crippen LogP contribution is 2.40. The molecule has 1 aliphatic rings. The molecule has 7 heteroatoms. The molecular formula is C18H17ClN2O4. The average Bonchev–Trinajstić information content (AvgIpc) is 3.09. The number of ether oxygens (including phenoxy) is 3. The number of carbonyl (C=O) groups excluding carboxylic acids is 1. The summed E-state index contributed by atoms with van der Waals surface area (Å²) in [5.74, 6) is 1.39. The fourth-order valence-corrected chi connectivity index (χ4v) is 2.60. The third-order valence-electron chi connectivity index (χ3n) is 3.46. The van der Waals surface area contributed by atoms with E-state index in [1.54, 1.807) is 30.5 Å². The van der Waals surface area contributed by atoms with Crippen LogP contribution in [0, 0.1) is 0 Å². The molecule has 1 aromatic heterocycles. The van der Waals surface area contributed by atoms with Crippen molar-refractivity contribution in [3.8, 4) is 17.4 Å². The first-order valence-electron chi connectivity index (χ1n) is 7.79. The first kappa shape index (κ1) is 17.1. The largest absolute Gasteiger partial charge is 0.478 e. The Bertz CT molecular complexity index is 808. The quantitative estimate of drug-likeness (QED) is 0.801. The molecule has 0 atom stereocenters. The van der Waals surface area contributed by atoms with Crippen LogP contribution in [0.1, 0.15) is 18.1 Å². The second-order valence-electron chi connectivity index (χ2n) is 5.19. The zero-order valence-electron chi connectivity index (χ0n) is 13.6. The summed E-state index contributed by atoms with van der Waals surface area (Å²) in [6, 6.07) is 7.15. The summed E-state index contributed by atoms with van der Waals surface area (Å²) in [4.78, 5) is 16.2. The van der Waals surface area contributed by atoms with Gasteiger partial charge in [0.2, 0.25) is 18.6 Å². The van der Waals surface area contributed by atoms with Crippen LogP contribution in [-0.4, -0.2) is 24.3 Å². The van der Waals surface area contributed by atoms with Crippen LogP contribution >= 0.6 is 11.6 Å². The fourth-order valence-electron chi connectivity index (χ4n) is 2.32. The average molecular weight is 361 g/mol. The molecular weight excluding hydrogens is 344 g/mol. The highest BCUT2D eigenvalue weighted by atomic mass is 35.5. The number of nitrogens with zero attached hydrogens (tertiary/aromatic N) is 1. The topological polar surface area (TPSA) is 69.7 Å². The van der Waals surface area contributed by atoms with Gasteiger partial charge in [-0.3, -0.25) is 4.79 Å². The summed E-state index contributed by atoms with van der Waals surface area (Å²) in [7, 11) is 0. The third kappa shape index (κ3) is 4.22. The lowest BCUT2D eigenvalue weighted by Gasteiger charge is -2.08. The molecule has 0 saturated heterocycles. The molecule has 0 radical (unpaired) electrons. The van der Waals surface area contributed by atoms with E-state index in [-0.39, 0.29) is 12.7 Å². The molecule has 1 N–H and O–H groups in total. The van der Waals surface area contributed by atoms with Gasteiger partial charge < -0.3 is 19.5 Å². The van der Waals surface area contributed by atoms with Crippen molar-refractivity contribution in [1.82, 2.24) is 10.3 Å². The molecule has 6 nitrogen and oxygen atoms in total. The van der Waals surface area contributed by atoms with E-state index in [0.717, 1.165) is 11.1 Å². The van der Waals surface area contributed by atoms with Gasteiger partial charge in [-0.05, 0) is 36.8 Å². The van der Waals surface area contributed by atoms with Gasteiger partial charge in [-0.25, -0.2) is 4.98 Å². The highest BCUT2D eigenvalue weighted by Gasteiger charge is 2.17. The lowest BCUT2D eigenvalue weighted by atomic mass is 10.2. The van der Waals surface area contributed by atoms with E-state index in [4.69, 9.17) is 25.8 Å². The van der Waals surface area contributed by atoms with E-state index in [0.29, 0.717) is 35.6 Å². The first-order valence-corrected chi connectivity index (χ1v) is 8.17. The lowest BCUT2D eigenvalue weighted by Crippen LogP contribution is -2.20. The predicted octanol–water partition coefficient (Wildman–Crippen LogP) is 3.19. The SMILES string of the molecule is CCOc1ncccc1CNC(=O)/C=C/c1cc(Cl)c2c(c1)OCO2. The van der Waals surface area contributed by atoms with Crippen molar-refractivity contribution in [3.63, 3.8) is 0 Å². The smallest absolute Gasteiger partial charge is 0.244 e. The number of rotatable bonds is 6. The maximum atomic E-state index is 12.0. The molecule has 2 aromatic rings. The Kier molecular flexibility index (Phi) is 5.40. The second kappa shape index (κ2) is 7.90. The number of fused-ring (bicyclic) bond motifs is 1. The van der Waals surface area contributed by atoms with Gasteiger partial charge in [0.1, 0.15) is 0 Å². The fraction of sp³-hybridized carbons (Fsp3) is 0.222. The van der Waals surface area contributed by atoms with Crippen LogP contribution in [-0.2, 0) is 11.3 Å². The van der Waals surface area contributed by atoms with Crippen LogP contribution in [0.25, 0.3) is 6.08 Å². The molecule has 2 heterocycles. The van der Waals surface area contributed by atoms with E-state index in [2.05, 4.69) is 10.3 Å². The van der Waals surface area contributed by atoms with Crippen molar-refractivity contribution >= 4 is 23.6 Å². The number of carbonyl (C=O) groups is 1. The monoisotopic (exact) mass is 360 g/mol. The van der Waals surface area contributed by atoms with Crippen molar-refractivity contribution in [2.45, 2.75) is 13.5 Å². The zero-order chi connectivity index (χ0) is 17.6. The molecule has 0 unspecified atom stereocenters. The van der Waals surface area contributed by atoms with Gasteiger partial charge in [0.15, 0.2) is 11.5 Å². The van der Waals surface area contributed by atoms with Crippen LogP contribution in [0.4, 0.5) is 0 Å². The maximum absolute atomic E-state index is 12.0.